The number of nitriles is 1. The molecular formula is C16H21NO3. The van der Waals surface area contributed by atoms with Crippen molar-refractivity contribution in [2.45, 2.75) is 38.2 Å². The van der Waals surface area contributed by atoms with E-state index in [2.05, 4.69) is 6.07 Å². The normalized spacial score (nSPS) is 22.4. The van der Waals surface area contributed by atoms with Gasteiger partial charge in [-0.15, -0.1) is 0 Å². The van der Waals surface area contributed by atoms with Gasteiger partial charge in [-0.2, -0.15) is 5.26 Å². The van der Waals surface area contributed by atoms with Crippen molar-refractivity contribution in [1.29, 1.82) is 5.26 Å². The summed E-state index contributed by atoms with van der Waals surface area (Å²) in [6.07, 6.45) is 5.21. The first-order valence-electron chi connectivity index (χ1n) is 7.06. The van der Waals surface area contributed by atoms with Gasteiger partial charge in [0.25, 0.3) is 0 Å². The topological polar surface area (TPSA) is 51.5 Å². The molecule has 108 valence electrons. The lowest BCUT2D eigenvalue weighted by Crippen LogP contribution is -2.24. The highest BCUT2D eigenvalue weighted by Gasteiger charge is 2.25. The van der Waals surface area contributed by atoms with Gasteiger partial charge in [0.15, 0.2) is 0 Å². The van der Waals surface area contributed by atoms with Crippen LogP contribution in [0.5, 0.6) is 17.2 Å². The number of hydrogen-bond acceptors (Lipinski definition) is 4. The predicted molar refractivity (Wildman–Crippen MR) is 76.2 cm³/mol. The van der Waals surface area contributed by atoms with Gasteiger partial charge in [0.2, 0.25) is 0 Å². The van der Waals surface area contributed by atoms with Gasteiger partial charge in [-0.05, 0) is 19.3 Å². The van der Waals surface area contributed by atoms with Crippen molar-refractivity contribution in [3.05, 3.63) is 18.2 Å². The minimum absolute atomic E-state index is 0.0327. The van der Waals surface area contributed by atoms with Crippen molar-refractivity contribution in [3.63, 3.8) is 0 Å². The number of benzene rings is 1. The third kappa shape index (κ3) is 3.57. The highest BCUT2D eigenvalue weighted by molar-refractivity contribution is 5.42. The lowest BCUT2D eigenvalue weighted by molar-refractivity contribution is 0.151. The molecule has 1 aliphatic rings. The summed E-state index contributed by atoms with van der Waals surface area (Å²) in [5.41, 5.74) is 0. The van der Waals surface area contributed by atoms with Crippen LogP contribution in [0.2, 0.25) is 0 Å². The molecule has 0 aliphatic heterocycles. The summed E-state index contributed by atoms with van der Waals surface area (Å²) >= 11 is 0. The maximum atomic E-state index is 9.29. The molecular weight excluding hydrogens is 254 g/mol. The largest absolute Gasteiger partial charge is 0.496 e. The molecule has 0 aromatic heterocycles. The van der Waals surface area contributed by atoms with Crippen LogP contribution in [-0.2, 0) is 0 Å². The molecule has 20 heavy (non-hydrogen) atoms. The lowest BCUT2D eigenvalue weighted by atomic mass is 9.99. The smallest absolute Gasteiger partial charge is 0.127 e. The predicted octanol–water partition coefficient (Wildman–Crippen LogP) is 3.56. The summed E-state index contributed by atoms with van der Waals surface area (Å²) in [6, 6.07) is 7.86. The maximum Gasteiger partial charge on any atom is 0.127 e. The highest BCUT2D eigenvalue weighted by Crippen LogP contribution is 2.32. The van der Waals surface area contributed by atoms with Crippen LogP contribution in [-0.4, -0.2) is 20.3 Å². The summed E-state index contributed by atoms with van der Waals surface area (Å²) in [6.45, 7) is 0. The third-order valence-electron chi connectivity index (χ3n) is 3.73. The van der Waals surface area contributed by atoms with Crippen LogP contribution in [0, 0.1) is 17.2 Å². The first kappa shape index (κ1) is 14.5. The lowest BCUT2D eigenvalue weighted by Gasteiger charge is -2.21. The SMILES string of the molecule is COc1cc(OC)cc(OC2CCCCCC2C#N)c1. The van der Waals surface area contributed by atoms with E-state index < -0.39 is 0 Å². The average molecular weight is 275 g/mol. The van der Waals surface area contributed by atoms with Crippen LogP contribution < -0.4 is 14.2 Å². The third-order valence-corrected chi connectivity index (χ3v) is 3.73. The first-order valence-corrected chi connectivity index (χ1v) is 7.06. The zero-order valence-electron chi connectivity index (χ0n) is 12.1. The maximum absolute atomic E-state index is 9.29. The molecule has 2 atom stereocenters. The molecule has 4 heteroatoms. The molecule has 2 unspecified atom stereocenters. The van der Waals surface area contributed by atoms with Crippen LogP contribution in [0.3, 0.4) is 0 Å². The van der Waals surface area contributed by atoms with Gasteiger partial charge in [-0.3, -0.25) is 0 Å². The molecule has 1 saturated carbocycles. The number of methoxy groups -OCH3 is 2. The standard InChI is InChI=1S/C16H21NO3/c1-18-13-8-14(19-2)10-15(9-13)20-16-7-5-3-4-6-12(16)11-17/h8-10,12,16H,3-7H2,1-2H3. The van der Waals surface area contributed by atoms with Crippen LogP contribution in [0.15, 0.2) is 18.2 Å². The molecule has 1 aromatic rings. The molecule has 0 amide bonds. The molecule has 0 saturated heterocycles. The Labute approximate surface area is 120 Å². The molecule has 0 heterocycles. The number of rotatable bonds is 4. The van der Waals surface area contributed by atoms with Crippen molar-refractivity contribution in [2.24, 2.45) is 5.92 Å². The van der Waals surface area contributed by atoms with Crippen LogP contribution in [0.4, 0.5) is 0 Å². The molecule has 1 aliphatic carbocycles. The minimum atomic E-state index is -0.0423. The van der Waals surface area contributed by atoms with E-state index >= 15 is 0 Å². The number of nitrogens with zero attached hydrogens (tertiary/aromatic N) is 1. The second-order valence-electron chi connectivity index (χ2n) is 5.08. The van der Waals surface area contributed by atoms with Gasteiger partial charge in [0.1, 0.15) is 23.4 Å². The minimum Gasteiger partial charge on any atom is -0.496 e. The van der Waals surface area contributed by atoms with Crippen LogP contribution in [0.1, 0.15) is 32.1 Å². The Kier molecular flexibility index (Phi) is 5.11. The summed E-state index contributed by atoms with van der Waals surface area (Å²) in [5, 5.41) is 9.29. The second-order valence-corrected chi connectivity index (χ2v) is 5.08. The van der Waals surface area contributed by atoms with Gasteiger partial charge < -0.3 is 14.2 Å². The van der Waals surface area contributed by atoms with Crippen molar-refractivity contribution in [1.82, 2.24) is 0 Å². The van der Waals surface area contributed by atoms with Gasteiger partial charge in [0, 0.05) is 18.2 Å². The van der Waals surface area contributed by atoms with Gasteiger partial charge in [0.05, 0.1) is 26.2 Å². The highest BCUT2D eigenvalue weighted by atomic mass is 16.5. The van der Waals surface area contributed by atoms with E-state index in [1.165, 1.54) is 6.42 Å². The van der Waals surface area contributed by atoms with Crippen LogP contribution in [0.25, 0.3) is 0 Å². The van der Waals surface area contributed by atoms with Gasteiger partial charge in [-0.1, -0.05) is 12.8 Å². The molecule has 0 bridgehead atoms. The first-order chi connectivity index (χ1) is 9.76. The fourth-order valence-electron chi connectivity index (χ4n) is 2.59. The molecule has 0 N–H and O–H groups in total. The number of ether oxygens (including phenoxy) is 3. The quantitative estimate of drug-likeness (QED) is 0.788. The Bertz CT molecular complexity index is 459. The van der Waals surface area contributed by atoms with Crippen molar-refractivity contribution < 1.29 is 14.2 Å². The number of hydrogen-bond donors (Lipinski definition) is 0. The van der Waals surface area contributed by atoms with E-state index in [9.17, 15) is 5.26 Å². The zero-order valence-corrected chi connectivity index (χ0v) is 12.1. The van der Waals surface area contributed by atoms with Crippen LogP contribution >= 0.6 is 0 Å². The van der Waals surface area contributed by atoms with Crippen molar-refractivity contribution >= 4 is 0 Å². The fourth-order valence-corrected chi connectivity index (χ4v) is 2.59. The molecule has 0 radical (unpaired) electrons. The molecule has 4 nitrogen and oxygen atoms in total. The van der Waals surface area contributed by atoms with E-state index in [1.54, 1.807) is 14.2 Å². The summed E-state index contributed by atoms with van der Waals surface area (Å²) in [4.78, 5) is 0. The summed E-state index contributed by atoms with van der Waals surface area (Å²) in [5.74, 6) is 2.06. The molecule has 1 fully saturated rings. The van der Waals surface area contributed by atoms with E-state index in [0.717, 1.165) is 25.7 Å². The van der Waals surface area contributed by atoms with E-state index in [0.29, 0.717) is 17.2 Å². The van der Waals surface area contributed by atoms with E-state index in [1.807, 2.05) is 18.2 Å². The van der Waals surface area contributed by atoms with Crippen molar-refractivity contribution in [2.75, 3.05) is 14.2 Å². The molecule has 0 spiro atoms. The second kappa shape index (κ2) is 7.04. The van der Waals surface area contributed by atoms with Gasteiger partial charge in [-0.25, -0.2) is 0 Å². The summed E-state index contributed by atoms with van der Waals surface area (Å²) in [7, 11) is 3.23. The Morgan fingerprint density at radius 2 is 1.55 bits per heavy atom. The Balaban J connectivity index is 2.16. The average Bonchev–Trinajstić information content (AvgIpc) is 2.71. The Hall–Kier alpha value is -1.89. The summed E-state index contributed by atoms with van der Waals surface area (Å²) < 4.78 is 16.5. The van der Waals surface area contributed by atoms with Crippen molar-refractivity contribution in [3.8, 4) is 23.3 Å². The molecule has 2 rings (SSSR count). The Morgan fingerprint density at radius 3 is 2.15 bits per heavy atom. The fraction of sp³-hybridized carbons (Fsp3) is 0.562. The van der Waals surface area contributed by atoms with Gasteiger partial charge >= 0.3 is 0 Å². The van der Waals surface area contributed by atoms with E-state index in [-0.39, 0.29) is 12.0 Å². The zero-order chi connectivity index (χ0) is 14.4. The molecule has 1 aromatic carbocycles. The van der Waals surface area contributed by atoms with E-state index in [4.69, 9.17) is 14.2 Å². The monoisotopic (exact) mass is 275 g/mol. The Morgan fingerprint density at radius 1 is 0.950 bits per heavy atom.